The van der Waals surface area contributed by atoms with Crippen molar-refractivity contribution in [1.29, 1.82) is 0 Å². The van der Waals surface area contributed by atoms with Gasteiger partial charge >= 0.3 is 0 Å². The van der Waals surface area contributed by atoms with Crippen LogP contribution in [0.5, 0.6) is 11.5 Å². The first-order valence-electron chi connectivity index (χ1n) is 6.20. The first-order chi connectivity index (χ1) is 9.86. The number of benzene rings is 3. The lowest BCUT2D eigenvalue weighted by Crippen LogP contribution is -1.85. The second-order valence-corrected chi connectivity index (χ2v) is 4.28. The summed E-state index contributed by atoms with van der Waals surface area (Å²) in [6.45, 7) is 0. The predicted molar refractivity (Wildman–Crippen MR) is 78.2 cm³/mol. The molecule has 0 unspecified atom stereocenters. The van der Waals surface area contributed by atoms with Gasteiger partial charge in [-0.25, -0.2) is 4.79 Å². The zero-order valence-electron chi connectivity index (χ0n) is 10.6. The molecule has 0 spiro atoms. The van der Waals surface area contributed by atoms with Gasteiger partial charge in [-0.1, -0.05) is 42.5 Å². The minimum Gasteiger partial charge on any atom is -0.455 e. The third-order valence-electron chi connectivity index (χ3n) is 2.98. The summed E-state index contributed by atoms with van der Waals surface area (Å²) >= 11 is 0. The van der Waals surface area contributed by atoms with Crippen molar-refractivity contribution in [3.05, 3.63) is 66.7 Å². The number of ether oxygens (including phenoxy) is 1. The van der Waals surface area contributed by atoms with Crippen LogP contribution in [0.25, 0.3) is 10.8 Å². The van der Waals surface area contributed by atoms with Crippen LogP contribution in [0.1, 0.15) is 0 Å². The number of hydrogen-bond acceptors (Lipinski definition) is 3. The molecule has 3 nitrogen and oxygen atoms in total. The molecule has 3 aromatic carbocycles. The number of aliphatic imine (C=N–C) groups is 1. The zero-order chi connectivity index (χ0) is 13.8. The Morgan fingerprint density at radius 3 is 2.45 bits per heavy atom. The van der Waals surface area contributed by atoms with E-state index in [2.05, 4.69) is 4.99 Å². The quantitative estimate of drug-likeness (QED) is 0.510. The van der Waals surface area contributed by atoms with Crippen LogP contribution >= 0.6 is 0 Å². The minimum absolute atomic E-state index is 0.468. The van der Waals surface area contributed by atoms with E-state index in [0.29, 0.717) is 17.2 Å². The number of fused-ring (bicyclic) bond motifs is 1. The minimum atomic E-state index is 0.468. The molecule has 0 radical (unpaired) electrons. The second-order valence-electron chi connectivity index (χ2n) is 4.28. The van der Waals surface area contributed by atoms with Crippen molar-refractivity contribution in [3.63, 3.8) is 0 Å². The van der Waals surface area contributed by atoms with Gasteiger partial charge in [-0.3, -0.25) is 0 Å². The number of nitrogens with zero attached hydrogens (tertiary/aromatic N) is 1. The summed E-state index contributed by atoms with van der Waals surface area (Å²) in [5.74, 6) is 1.24. The van der Waals surface area contributed by atoms with Gasteiger partial charge in [-0.2, -0.15) is 4.99 Å². The Morgan fingerprint density at radius 2 is 1.60 bits per heavy atom. The van der Waals surface area contributed by atoms with Crippen LogP contribution in [0, 0.1) is 0 Å². The lowest BCUT2D eigenvalue weighted by molar-refractivity contribution is 0.484. The Kier molecular flexibility index (Phi) is 3.27. The van der Waals surface area contributed by atoms with Gasteiger partial charge in [0.1, 0.15) is 11.4 Å². The number of hydrogen-bond donors (Lipinski definition) is 0. The van der Waals surface area contributed by atoms with E-state index in [9.17, 15) is 4.79 Å². The van der Waals surface area contributed by atoms with Crippen molar-refractivity contribution in [2.24, 2.45) is 4.99 Å². The fourth-order valence-corrected chi connectivity index (χ4v) is 2.04. The first-order valence-corrected chi connectivity index (χ1v) is 6.20. The van der Waals surface area contributed by atoms with Crippen molar-refractivity contribution in [2.45, 2.75) is 0 Å². The maximum atomic E-state index is 10.4. The molecular weight excluding hydrogens is 250 g/mol. The van der Waals surface area contributed by atoms with Crippen LogP contribution in [-0.4, -0.2) is 6.08 Å². The van der Waals surface area contributed by atoms with Gasteiger partial charge in [0.05, 0.1) is 0 Å². The van der Waals surface area contributed by atoms with Crippen LogP contribution < -0.4 is 4.74 Å². The van der Waals surface area contributed by atoms with Gasteiger partial charge in [-0.05, 0) is 35.0 Å². The van der Waals surface area contributed by atoms with E-state index >= 15 is 0 Å². The Balaban J connectivity index is 1.99. The van der Waals surface area contributed by atoms with E-state index < -0.39 is 0 Å². The second kappa shape index (κ2) is 5.39. The average Bonchev–Trinajstić information content (AvgIpc) is 2.49. The number of rotatable bonds is 3. The monoisotopic (exact) mass is 261 g/mol. The lowest BCUT2D eigenvalue weighted by Gasteiger charge is -2.08. The third-order valence-corrected chi connectivity index (χ3v) is 2.98. The van der Waals surface area contributed by atoms with Crippen molar-refractivity contribution in [3.8, 4) is 11.5 Å². The molecule has 0 aliphatic heterocycles. The van der Waals surface area contributed by atoms with Crippen molar-refractivity contribution in [1.82, 2.24) is 0 Å². The summed E-state index contributed by atoms with van der Waals surface area (Å²) in [6, 6.07) is 21.0. The lowest BCUT2D eigenvalue weighted by atomic mass is 10.1. The van der Waals surface area contributed by atoms with E-state index in [1.165, 1.54) is 6.08 Å². The zero-order valence-corrected chi connectivity index (χ0v) is 10.6. The van der Waals surface area contributed by atoms with Gasteiger partial charge in [-0.15, -0.1) is 0 Å². The standard InChI is InChI=1S/C17H11NO2/c19-12-18-16-7-3-4-8-17(16)20-15-10-9-13-5-1-2-6-14(13)11-15/h1-11H. The van der Waals surface area contributed by atoms with Crippen molar-refractivity contribution >= 4 is 22.5 Å². The summed E-state index contributed by atoms with van der Waals surface area (Å²) in [7, 11) is 0. The Labute approximate surface area is 116 Å². The number of para-hydroxylation sites is 2. The molecule has 3 rings (SSSR count). The highest BCUT2D eigenvalue weighted by molar-refractivity contribution is 5.83. The van der Waals surface area contributed by atoms with Crippen LogP contribution in [0.3, 0.4) is 0 Å². The summed E-state index contributed by atoms with van der Waals surface area (Å²) < 4.78 is 5.80. The topological polar surface area (TPSA) is 38.7 Å². The molecule has 20 heavy (non-hydrogen) atoms. The maximum Gasteiger partial charge on any atom is 0.240 e. The molecular formula is C17H11NO2. The Morgan fingerprint density at radius 1 is 0.850 bits per heavy atom. The fourth-order valence-electron chi connectivity index (χ4n) is 2.04. The first kappa shape index (κ1) is 12.2. The molecule has 3 aromatic rings. The molecule has 3 heteroatoms. The van der Waals surface area contributed by atoms with Crippen LogP contribution in [0.15, 0.2) is 71.7 Å². The van der Waals surface area contributed by atoms with E-state index in [-0.39, 0.29) is 0 Å². The summed E-state index contributed by atoms with van der Waals surface area (Å²) in [5.41, 5.74) is 0.468. The molecule has 0 aliphatic rings. The third kappa shape index (κ3) is 2.44. The van der Waals surface area contributed by atoms with E-state index in [0.717, 1.165) is 10.8 Å². The number of carbonyl (C=O) groups excluding carboxylic acids is 1. The molecule has 0 atom stereocenters. The number of isocyanates is 1. The molecule has 0 amide bonds. The summed E-state index contributed by atoms with van der Waals surface area (Å²) in [6.07, 6.45) is 1.53. The largest absolute Gasteiger partial charge is 0.455 e. The van der Waals surface area contributed by atoms with Gasteiger partial charge in [0.2, 0.25) is 6.08 Å². The highest BCUT2D eigenvalue weighted by Crippen LogP contribution is 2.32. The van der Waals surface area contributed by atoms with Crippen molar-refractivity contribution in [2.75, 3.05) is 0 Å². The SMILES string of the molecule is O=C=Nc1ccccc1Oc1ccc2ccccc2c1. The predicted octanol–water partition coefficient (Wildman–Crippen LogP) is 4.60. The van der Waals surface area contributed by atoms with Crippen LogP contribution in [0.4, 0.5) is 5.69 Å². The van der Waals surface area contributed by atoms with Gasteiger partial charge in [0.25, 0.3) is 0 Å². The maximum absolute atomic E-state index is 10.4. The van der Waals surface area contributed by atoms with E-state index in [1.807, 2.05) is 48.5 Å². The highest BCUT2D eigenvalue weighted by Gasteiger charge is 2.04. The highest BCUT2D eigenvalue weighted by atomic mass is 16.5. The molecule has 96 valence electrons. The fraction of sp³-hybridized carbons (Fsp3) is 0. The molecule has 0 aromatic heterocycles. The van der Waals surface area contributed by atoms with Gasteiger partial charge < -0.3 is 4.74 Å². The van der Waals surface area contributed by atoms with Gasteiger partial charge in [0, 0.05) is 0 Å². The molecule has 0 fully saturated rings. The molecule has 0 aliphatic carbocycles. The average molecular weight is 261 g/mol. The van der Waals surface area contributed by atoms with Crippen LogP contribution in [0.2, 0.25) is 0 Å². The summed E-state index contributed by atoms with van der Waals surface area (Å²) in [5, 5.41) is 2.25. The smallest absolute Gasteiger partial charge is 0.240 e. The Bertz CT molecular complexity index is 805. The van der Waals surface area contributed by atoms with Crippen LogP contribution in [-0.2, 0) is 4.79 Å². The molecule has 0 saturated heterocycles. The van der Waals surface area contributed by atoms with Crippen molar-refractivity contribution < 1.29 is 9.53 Å². The van der Waals surface area contributed by atoms with E-state index in [4.69, 9.17) is 4.74 Å². The molecule has 0 saturated carbocycles. The Hall–Kier alpha value is -2.90. The van der Waals surface area contributed by atoms with E-state index in [1.54, 1.807) is 18.2 Å². The molecule has 0 N–H and O–H groups in total. The van der Waals surface area contributed by atoms with Gasteiger partial charge in [0.15, 0.2) is 5.75 Å². The summed E-state index contributed by atoms with van der Waals surface area (Å²) in [4.78, 5) is 14.0. The molecule has 0 bridgehead atoms. The molecule has 0 heterocycles. The normalized spacial score (nSPS) is 10.0.